The maximum absolute atomic E-state index is 2.43. The number of nitrogens with zero attached hydrogens (tertiary/aromatic N) is 4. The molecule has 0 unspecified atom stereocenters. The van der Waals surface area contributed by atoms with Gasteiger partial charge in [-0.25, -0.2) is 0 Å². The molecule has 0 amide bonds. The van der Waals surface area contributed by atoms with Crippen LogP contribution >= 0.6 is 0 Å². The molecule has 112 heavy (non-hydrogen) atoms. The maximum atomic E-state index is 2.43. The standard InChI is InChI=1S/C108H74N4/c1-7-23-75(24-8-1)81-31-19-35-85(67-81)89-47-63-105-101(71-89)102-72-90(86-36-20-32-82(68-86)76-25-9-2-10-26-76)48-64-106(102)111(105)99-59-55-97(56-60-99)109(93-39-15-5-16-40-93)95-51-43-79(44-52-95)80-45-53-96(54-46-80)110(94-41-17-6-18-42-94)98-57-61-100(62-58-98)112-107-65-49-91(87-37-21-33-83(69-87)77-27-11-3-12-28-77)73-103(107)104-74-92(50-66-108(104)112)88-38-22-34-84(70-88)78-29-13-4-14-30-78/h1-74H. The highest BCUT2D eigenvalue weighted by Crippen LogP contribution is 2.45. The molecule has 0 atom stereocenters. The van der Waals surface area contributed by atoms with E-state index in [0.29, 0.717) is 0 Å². The van der Waals surface area contributed by atoms with Crippen LogP contribution in [0.2, 0.25) is 0 Å². The number of para-hydroxylation sites is 2. The number of hydrogen-bond acceptors (Lipinski definition) is 2. The molecular formula is C108H74N4. The van der Waals surface area contributed by atoms with E-state index in [-0.39, 0.29) is 0 Å². The normalized spacial score (nSPS) is 11.4. The zero-order valence-electron chi connectivity index (χ0n) is 61.5. The number of benzene rings is 18. The van der Waals surface area contributed by atoms with E-state index in [1.54, 1.807) is 0 Å². The quantitative estimate of drug-likeness (QED) is 0.0903. The highest BCUT2D eigenvalue weighted by molar-refractivity contribution is 6.13. The van der Waals surface area contributed by atoms with Crippen molar-refractivity contribution in [2.45, 2.75) is 0 Å². The smallest absolute Gasteiger partial charge is 0.0541 e. The fourth-order valence-corrected chi connectivity index (χ4v) is 16.5. The molecule has 4 heteroatoms. The Hall–Kier alpha value is -14.8. The van der Waals surface area contributed by atoms with Gasteiger partial charge in [0, 0.05) is 67.0 Å². The minimum Gasteiger partial charge on any atom is -0.311 e. The molecule has 2 heterocycles. The molecule has 20 rings (SSSR count). The van der Waals surface area contributed by atoms with Crippen LogP contribution < -0.4 is 9.80 Å². The highest BCUT2D eigenvalue weighted by atomic mass is 15.1. The van der Waals surface area contributed by atoms with Crippen LogP contribution in [0, 0.1) is 0 Å². The Kier molecular flexibility index (Phi) is 17.3. The van der Waals surface area contributed by atoms with Gasteiger partial charge in [0.1, 0.15) is 0 Å². The van der Waals surface area contributed by atoms with E-state index in [1.807, 2.05) is 0 Å². The second-order valence-corrected chi connectivity index (χ2v) is 28.9. The lowest BCUT2D eigenvalue weighted by molar-refractivity contribution is 1.17. The molecule has 0 aliphatic heterocycles. The van der Waals surface area contributed by atoms with Gasteiger partial charge in [-0.15, -0.1) is 0 Å². The minimum atomic E-state index is 1.06. The monoisotopic (exact) mass is 1430 g/mol. The van der Waals surface area contributed by atoms with Gasteiger partial charge in [0.15, 0.2) is 0 Å². The molecule has 18 aromatic carbocycles. The van der Waals surface area contributed by atoms with Crippen LogP contribution in [-0.2, 0) is 0 Å². The van der Waals surface area contributed by atoms with Crippen LogP contribution in [0.1, 0.15) is 0 Å². The van der Waals surface area contributed by atoms with Gasteiger partial charge in [0.05, 0.1) is 22.1 Å². The van der Waals surface area contributed by atoms with Gasteiger partial charge in [-0.3, -0.25) is 0 Å². The van der Waals surface area contributed by atoms with Crippen molar-refractivity contribution in [2.75, 3.05) is 9.80 Å². The van der Waals surface area contributed by atoms with Crippen LogP contribution in [0.4, 0.5) is 34.1 Å². The highest BCUT2D eigenvalue weighted by Gasteiger charge is 2.22. The van der Waals surface area contributed by atoms with Crippen LogP contribution in [0.25, 0.3) is 155 Å². The Morgan fingerprint density at radius 3 is 0.536 bits per heavy atom. The summed E-state index contributed by atoms with van der Waals surface area (Å²) in [5.74, 6) is 0. The first-order valence-electron chi connectivity index (χ1n) is 38.4. The van der Waals surface area contributed by atoms with Crippen LogP contribution in [-0.4, -0.2) is 9.13 Å². The summed E-state index contributed by atoms with van der Waals surface area (Å²) in [6, 6.07) is 164. The van der Waals surface area contributed by atoms with E-state index in [9.17, 15) is 0 Å². The molecule has 2 aromatic heterocycles. The number of anilines is 6. The molecule has 0 spiro atoms. The van der Waals surface area contributed by atoms with Crippen molar-refractivity contribution in [3.8, 4) is 112 Å². The predicted octanol–water partition coefficient (Wildman–Crippen LogP) is 29.8. The minimum absolute atomic E-state index is 1.06. The summed E-state index contributed by atoms with van der Waals surface area (Å²) in [5.41, 5.74) is 34.5. The van der Waals surface area contributed by atoms with Gasteiger partial charge in [-0.2, -0.15) is 0 Å². The lowest BCUT2D eigenvalue weighted by Gasteiger charge is -2.26. The molecule has 0 aliphatic carbocycles. The van der Waals surface area contributed by atoms with Gasteiger partial charge in [0.2, 0.25) is 0 Å². The number of fused-ring (bicyclic) bond motifs is 6. The van der Waals surface area contributed by atoms with Crippen molar-refractivity contribution < 1.29 is 0 Å². The summed E-state index contributed by atoms with van der Waals surface area (Å²) in [5, 5.41) is 4.81. The van der Waals surface area contributed by atoms with Gasteiger partial charge in [-0.05, 0) is 270 Å². The first kappa shape index (κ1) is 66.6. The van der Waals surface area contributed by atoms with Crippen molar-refractivity contribution in [2.24, 2.45) is 0 Å². The Balaban J connectivity index is 0.610. The van der Waals surface area contributed by atoms with Crippen molar-refractivity contribution in [3.63, 3.8) is 0 Å². The summed E-state index contributed by atoms with van der Waals surface area (Å²) in [6.45, 7) is 0. The fraction of sp³-hybridized carbons (Fsp3) is 0. The largest absolute Gasteiger partial charge is 0.311 e. The fourth-order valence-electron chi connectivity index (χ4n) is 16.5. The average molecular weight is 1430 g/mol. The van der Waals surface area contributed by atoms with Crippen LogP contribution in [0.15, 0.2) is 449 Å². The average Bonchev–Trinajstić information content (AvgIpc) is 1.59. The first-order valence-corrected chi connectivity index (χ1v) is 38.4. The van der Waals surface area contributed by atoms with Crippen LogP contribution in [0.3, 0.4) is 0 Å². The second kappa shape index (κ2) is 29.0. The molecule has 0 saturated carbocycles. The summed E-state index contributed by atoms with van der Waals surface area (Å²) < 4.78 is 4.87. The van der Waals surface area contributed by atoms with E-state index in [1.165, 1.54) is 111 Å². The summed E-state index contributed by atoms with van der Waals surface area (Å²) >= 11 is 0. The predicted molar refractivity (Wildman–Crippen MR) is 473 cm³/mol. The number of aromatic nitrogens is 2. The Labute approximate surface area is 652 Å². The molecule has 0 saturated heterocycles. The third kappa shape index (κ3) is 12.8. The Morgan fingerprint density at radius 1 is 0.125 bits per heavy atom. The van der Waals surface area contributed by atoms with Crippen molar-refractivity contribution in [1.29, 1.82) is 0 Å². The van der Waals surface area contributed by atoms with Gasteiger partial charge < -0.3 is 18.9 Å². The lowest BCUT2D eigenvalue weighted by atomic mass is 9.96. The van der Waals surface area contributed by atoms with Gasteiger partial charge >= 0.3 is 0 Å². The van der Waals surface area contributed by atoms with Crippen LogP contribution in [0.5, 0.6) is 0 Å². The summed E-state index contributed by atoms with van der Waals surface area (Å²) in [6.07, 6.45) is 0. The topological polar surface area (TPSA) is 16.3 Å². The van der Waals surface area contributed by atoms with Gasteiger partial charge in [0.25, 0.3) is 0 Å². The maximum Gasteiger partial charge on any atom is 0.0541 e. The van der Waals surface area contributed by atoms with E-state index in [2.05, 4.69) is 468 Å². The molecule has 20 aromatic rings. The summed E-state index contributed by atoms with van der Waals surface area (Å²) in [4.78, 5) is 4.70. The number of hydrogen-bond donors (Lipinski definition) is 0. The third-order valence-electron chi connectivity index (χ3n) is 22.1. The van der Waals surface area contributed by atoms with E-state index in [0.717, 1.165) is 78.7 Å². The molecule has 0 N–H and O–H groups in total. The molecular weight excluding hydrogens is 1350 g/mol. The zero-order chi connectivity index (χ0) is 74.3. The lowest BCUT2D eigenvalue weighted by Crippen LogP contribution is -2.10. The van der Waals surface area contributed by atoms with E-state index in [4.69, 9.17) is 0 Å². The third-order valence-corrected chi connectivity index (χ3v) is 22.1. The van der Waals surface area contributed by atoms with E-state index >= 15 is 0 Å². The zero-order valence-corrected chi connectivity index (χ0v) is 61.5. The molecule has 0 fully saturated rings. The number of rotatable bonds is 17. The Morgan fingerprint density at radius 2 is 0.295 bits per heavy atom. The Bertz CT molecular complexity index is 6100. The van der Waals surface area contributed by atoms with Crippen molar-refractivity contribution in [3.05, 3.63) is 449 Å². The summed E-state index contributed by atoms with van der Waals surface area (Å²) in [7, 11) is 0. The first-order chi connectivity index (χ1) is 55.5. The molecule has 0 aliphatic rings. The molecule has 0 bridgehead atoms. The molecule has 526 valence electrons. The van der Waals surface area contributed by atoms with Crippen molar-refractivity contribution in [1.82, 2.24) is 9.13 Å². The second-order valence-electron chi connectivity index (χ2n) is 28.9. The SMILES string of the molecule is c1ccc(-c2cccc(-c3ccc4c(c3)c3cc(-c5cccc(-c6ccccc6)c5)ccc3n4-c3ccc(N(c4ccccc4)c4ccc(-c5ccc(N(c6ccccc6)c6ccc(-n7c8ccc(-c9cccc(-c%10ccccc%10)c9)cc8c8cc(-c9cccc(-c%10ccccc%10)c9)ccc87)cc6)cc5)cc4)cc3)c2)cc1. The van der Waals surface area contributed by atoms with Crippen molar-refractivity contribution >= 4 is 77.7 Å². The molecule has 4 nitrogen and oxygen atoms in total. The van der Waals surface area contributed by atoms with E-state index < -0.39 is 0 Å². The van der Waals surface area contributed by atoms with Gasteiger partial charge in [-0.1, -0.05) is 279 Å². The molecule has 0 radical (unpaired) electrons.